The molecule has 0 bridgehead atoms. The molecule has 5 heteroatoms. The Morgan fingerprint density at radius 1 is 1.64 bits per heavy atom. The van der Waals surface area contributed by atoms with Gasteiger partial charge in [0.2, 0.25) is 5.91 Å². The molecule has 2 fully saturated rings. The number of hydrogen-bond donors (Lipinski definition) is 3. The van der Waals surface area contributed by atoms with Gasteiger partial charge in [0.15, 0.2) is 0 Å². The number of nitrogens with zero attached hydrogens (tertiary/aromatic N) is 1. The minimum absolute atomic E-state index is 0.0382. The third-order valence-corrected chi connectivity index (χ3v) is 2.25. The van der Waals surface area contributed by atoms with Crippen molar-refractivity contribution in [2.24, 2.45) is 0 Å². The van der Waals surface area contributed by atoms with E-state index in [2.05, 4.69) is 16.1 Å². The summed E-state index contributed by atoms with van der Waals surface area (Å²) in [7, 11) is 1.89. The lowest BCUT2D eigenvalue weighted by Crippen LogP contribution is -2.60. The van der Waals surface area contributed by atoms with E-state index in [1.165, 1.54) is 0 Å². The lowest BCUT2D eigenvalue weighted by atomic mass is 10.1. The summed E-state index contributed by atoms with van der Waals surface area (Å²) in [6, 6.07) is 0.234. The molecule has 5 nitrogen and oxygen atoms in total. The van der Waals surface area contributed by atoms with Crippen LogP contribution in [-0.2, 0) is 4.79 Å². The number of hydrogen-bond acceptors (Lipinski definition) is 4. The Kier molecular flexibility index (Phi) is 1.56. The van der Waals surface area contributed by atoms with Gasteiger partial charge in [0.05, 0.1) is 6.67 Å². The molecule has 2 atom stereocenters. The quantitative estimate of drug-likeness (QED) is 0.374. The zero-order valence-electron chi connectivity index (χ0n) is 6.42. The summed E-state index contributed by atoms with van der Waals surface area (Å²) in [5.41, 5.74) is 3.10. The topological polar surface area (TPSA) is 56.4 Å². The fraction of sp³-hybridized carbons (Fsp3) is 0.833. The molecule has 11 heavy (non-hydrogen) atoms. The maximum Gasteiger partial charge on any atom is 0.241 e. The molecule has 0 aromatic rings. The Morgan fingerprint density at radius 3 is 3.18 bits per heavy atom. The maximum atomic E-state index is 11.3. The van der Waals surface area contributed by atoms with Crippen LogP contribution in [-0.4, -0.2) is 43.3 Å². The monoisotopic (exact) mass is 156 g/mol. The van der Waals surface area contributed by atoms with Crippen LogP contribution in [0.4, 0.5) is 0 Å². The Labute approximate surface area is 65.1 Å². The fourth-order valence-corrected chi connectivity index (χ4v) is 1.64. The number of fused-ring (bicyclic) bond motifs is 1. The van der Waals surface area contributed by atoms with Gasteiger partial charge in [0.1, 0.15) is 6.04 Å². The average molecular weight is 156 g/mol. The number of likely N-dealkylation sites (N-methyl/N-ethyl adjacent to an activating group) is 1. The fourth-order valence-electron chi connectivity index (χ4n) is 1.64. The van der Waals surface area contributed by atoms with Crippen LogP contribution in [0.3, 0.4) is 0 Å². The van der Waals surface area contributed by atoms with Crippen LogP contribution in [0.15, 0.2) is 0 Å². The highest BCUT2D eigenvalue weighted by atomic mass is 16.2. The summed E-state index contributed by atoms with van der Waals surface area (Å²) in [5, 5.41) is 7.81. The molecule has 62 valence electrons. The molecular formula is C6H12N4O. The SMILES string of the molecule is CN1NCC2NCNC(=O)C21. The normalized spacial score (nSPS) is 38.5. The second kappa shape index (κ2) is 2.44. The first-order valence-electron chi connectivity index (χ1n) is 3.76. The van der Waals surface area contributed by atoms with E-state index in [1.54, 1.807) is 0 Å². The standard InChI is InChI=1S/C6H12N4O/c1-10-5-4(2-9-10)7-3-8-6(5)11/h4-5,7,9H,2-3H2,1H3,(H,8,11). The Hall–Kier alpha value is -0.650. The molecule has 0 spiro atoms. The first-order chi connectivity index (χ1) is 5.29. The Bertz CT molecular complexity index is 181. The summed E-state index contributed by atoms with van der Waals surface area (Å²) in [4.78, 5) is 11.3. The van der Waals surface area contributed by atoms with E-state index < -0.39 is 0 Å². The van der Waals surface area contributed by atoms with Crippen LogP contribution in [0.2, 0.25) is 0 Å². The number of rotatable bonds is 0. The van der Waals surface area contributed by atoms with Crippen molar-refractivity contribution in [3.05, 3.63) is 0 Å². The van der Waals surface area contributed by atoms with Crippen LogP contribution in [0.5, 0.6) is 0 Å². The zero-order chi connectivity index (χ0) is 7.84. The number of carbonyl (C=O) groups excluding carboxylic acids is 1. The van der Waals surface area contributed by atoms with Crippen LogP contribution in [0, 0.1) is 0 Å². The van der Waals surface area contributed by atoms with Gasteiger partial charge in [-0.3, -0.25) is 15.5 Å². The van der Waals surface area contributed by atoms with Gasteiger partial charge in [0, 0.05) is 19.6 Å². The molecule has 0 saturated carbocycles. The van der Waals surface area contributed by atoms with Crippen molar-refractivity contribution in [3.63, 3.8) is 0 Å². The van der Waals surface area contributed by atoms with Crippen molar-refractivity contribution in [1.82, 2.24) is 21.1 Å². The van der Waals surface area contributed by atoms with Gasteiger partial charge in [0.25, 0.3) is 0 Å². The van der Waals surface area contributed by atoms with Crippen molar-refractivity contribution in [2.45, 2.75) is 12.1 Å². The molecular weight excluding hydrogens is 144 g/mol. The van der Waals surface area contributed by atoms with E-state index in [4.69, 9.17) is 0 Å². The molecule has 0 aromatic heterocycles. The second-order valence-corrected chi connectivity index (χ2v) is 2.95. The first-order valence-corrected chi connectivity index (χ1v) is 3.76. The van der Waals surface area contributed by atoms with E-state index in [0.717, 1.165) is 6.54 Å². The molecule has 1 amide bonds. The smallest absolute Gasteiger partial charge is 0.241 e. The summed E-state index contributed by atoms with van der Waals surface area (Å²) in [6.45, 7) is 1.43. The van der Waals surface area contributed by atoms with Crippen molar-refractivity contribution in [1.29, 1.82) is 0 Å². The minimum atomic E-state index is -0.0382. The van der Waals surface area contributed by atoms with Crippen molar-refractivity contribution >= 4 is 5.91 Å². The van der Waals surface area contributed by atoms with Crippen LogP contribution in [0.1, 0.15) is 0 Å². The third-order valence-electron chi connectivity index (χ3n) is 2.25. The van der Waals surface area contributed by atoms with Gasteiger partial charge in [-0.05, 0) is 0 Å². The minimum Gasteiger partial charge on any atom is -0.342 e. The van der Waals surface area contributed by atoms with Crippen molar-refractivity contribution < 1.29 is 4.79 Å². The summed E-state index contributed by atoms with van der Waals surface area (Å²) in [6.07, 6.45) is 0. The zero-order valence-corrected chi connectivity index (χ0v) is 6.42. The molecule has 0 radical (unpaired) electrons. The van der Waals surface area contributed by atoms with E-state index in [1.807, 2.05) is 12.1 Å². The van der Waals surface area contributed by atoms with Gasteiger partial charge in [-0.15, -0.1) is 0 Å². The third kappa shape index (κ3) is 1.01. The lowest BCUT2D eigenvalue weighted by Gasteiger charge is -2.28. The summed E-state index contributed by atoms with van der Waals surface area (Å²) < 4.78 is 0. The van der Waals surface area contributed by atoms with Crippen LogP contribution in [0.25, 0.3) is 0 Å². The molecule has 3 N–H and O–H groups in total. The highest BCUT2D eigenvalue weighted by molar-refractivity contribution is 5.83. The number of nitrogens with one attached hydrogen (secondary N) is 3. The van der Waals surface area contributed by atoms with Gasteiger partial charge in [-0.25, -0.2) is 5.01 Å². The largest absolute Gasteiger partial charge is 0.342 e. The van der Waals surface area contributed by atoms with E-state index in [-0.39, 0.29) is 18.0 Å². The van der Waals surface area contributed by atoms with E-state index in [9.17, 15) is 4.79 Å². The Balaban J connectivity index is 2.14. The molecule has 0 aliphatic carbocycles. The predicted molar refractivity (Wildman–Crippen MR) is 39.5 cm³/mol. The van der Waals surface area contributed by atoms with Gasteiger partial charge >= 0.3 is 0 Å². The number of carbonyl (C=O) groups is 1. The predicted octanol–water partition coefficient (Wildman–Crippen LogP) is -2.15. The Morgan fingerprint density at radius 2 is 2.45 bits per heavy atom. The average Bonchev–Trinajstić information content (AvgIpc) is 2.34. The molecule has 2 aliphatic rings. The second-order valence-electron chi connectivity index (χ2n) is 2.95. The van der Waals surface area contributed by atoms with Crippen LogP contribution < -0.4 is 16.1 Å². The molecule has 2 unspecified atom stereocenters. The lowest BCUT2D eigenvalue weighted by molar-refractivity contribution is -0.127. The van der Waals surface area contributed by atoms with E-state index in [0.29, 0.717) is 6.67 Å². The highest BCUT2D eigenvalue weighted by Gasteiger charge is 2.39. The van der Waals surface area contributed by atoms with Crippen molar-refractivity contribution in [2.75, 3.05) is 20.3 Å². The van der Waals surface area contributed by atoms with Gasteiger partial charge in [-0.2, -0.15) is 0 Å². The van der Waals surface area contributed by atoms with Gasteiger partial charge in [-0.1, -0.05) is 0 Å². The maximum absolute atomic E-state index is 11.3. The highest BCUT2D eigenvalue weighted by Crippen LogP contribution is 2.09. The first kappa shape index (κ1) is 7.02. The molecule has 0 aromatic carbocycles. The van der Waals surface area contributed by atoms with Crippen LogP contribution >= 0.6 is 0 Å². The van der Waals surface area contributed by atoms with E-state index >= 15 is 0 Å². The summed E-state index contributed by atoms with van der Waals surface area (Å²) >= 11 is 0. The number of hydrazine groups is 1. The molecule has 2 heterocycles. The van der Waals surface area contributed by atoms with Gasteiger partial charge < -0.3 is 5.32 Å². The summed E-state index contributed by atoms with van der Waals surface area (Å²) in [5.74, 6) is 0.112. The molecule has 2 rings (SSSR count). The molecule has 2 aliphatic heterocycles. The molecule has 2 saturated heterocycles. The number of amides is 1. The van der Waals surface area contributed by atoms with Crippen molar-refractivity contribution in [3.8, 4) is 0 Å².